The van der Waals surface area contributed by atoms with Crippen LogP contribution in [-0.4, -0.2) is 11.6 Å². The van der Waals surface area contributed by atoms with Crippen molar-refractivity contribution in [3.63, 3.8) is 0 Å². The summed E-state index contributed by atoms with van der Waals surface area (Å²) >= 11 is 0. The molecular weight excluding hydrogens is 269 g/mol. The van der Waals surface area contributed by atoms with Crippen molar-refractivity contribution < 1.29 is 9.13 Å². The van der Waals surface area contributed by atoms with E-state index >= 15 is 0 Å². The molecule has 0 fully saturated rings. The summed E-state index contributed by atoms with van der Waals surface area (Å²) in [6.45, 7) is 1.01. The normalized spacial score (nSPS) is 9.90. The molecule has 0 radical (unpaired) electrons. The number of benzene rings is 1. The fraction of sp³-hybridized carbons (Fsp3) is 0.250. The van der Waals surface area contributed by atoms with Gasteiger partial charge in [0.1, 0.15) is 5.82 Å². The van der Waals surface area contributed by atoms with Crippen molar-refractivity contribution in [2.75, 3.05) is 11.9 Å². The molecule has 21 heavy (non-hydrogen) atoms. The highest BCUT2D eigenvalue weighted by molar-refractivity contribution is 5.49. The predicted molar refractivity (Wildman–Crippen MR) is 78.3 cm³/mol. The lowest BCUT2D eigenvalue weighted by Crippen LogP contribution is -2.05. The summed E-state index contributed by atoms with van der Waals surface area (Å²) < 4.78 is 18.5. The number of nitrogens with zero attached hydrogens (tertiary/aromatic N) is 2. The highest BCUT2D eigenvalue weighted by Gasteiger charge is 2.04. The van der Waals surface area contributed by atoms with Gasteiger partial charge in [0.2, 0.25) is 0 Å². The van der Waals surface area contributed by atoms with Crippen molar-refractivity contribution in [2.24, 2.45) is 0 Å². The zero-order valence-electron chi connectivity index (χ0n) is 11.6. The second-order valence-electron chi connectivity index (χ2n) is 4.44. The van der Waals surface area contributed by atoms with Crippen molar-refractivity contribution in [3.8, 4) is 11.8 Å². The maximum atomic E-state index is 12.8. The van der Waals surface area contributed by atoms with E-state index in [0.29, 0.717) is 37.6 Å². The fourth-order valence-electron chi connectivity index (χ4n) is 1.76. The molecule has 0 aliphatic rings. The number of nitrogens with one attached hydrogen (secondary N) is 1. The standard InChI is InChI=1S/C16H16FN3O/c17-14-7-5-13(6-8-14)12-20-16-15(4-3-10-19-16)21-11-2-1-9-18/h3-8,10H,1-2,11-12H2,(H,19,20). The first-order valence-electron chi connectivity index (χ1n) is 6.72. The molecule has 0 unspecified atom stereocenters. The predicted octanol–water partition coefficient (Wildman–Crippen LogP) is 3.52. The van der Waals surface area contributed by atoms with E-state index in [0.717, 1.165) is 5.56 Å². The lowest BCUT2D eigenvalue weighted by atomic mass is 10.2. The Morgan fingerprint density at radius 1 is 1.24 bits per heavy atom. The third-order valence-corrected chi connectivity index (χ3v) is 2.83. The Morgan fingerprint density at radius 3 is 2.81 bits per heavy atom. The van der Waals surface area contributed by atoms with Crippen molar-refractivity contribution in [1.82, 2.24) is 4.98 Å². The molecule has 0 saturated heterocycles. The molecule has 0 bridgehead atoms. The van der Waals surface area contributed by atoms with Crippen molar-refractivity contribution in [3.05, 3.63) is 54.0 Å². The van der Waals surface area contributed by atoms with Gasteiger partial charge in [0.25, 0.3) is 0 Å². The van der Waals surface area contributed by atoms with Crippen LogP contribution in [0.4, 0.5) is 10.2 Å². The van der Waals surface area contributed by atoms with Gasteiger partial charge in [-0.25, -0.2) is 9.37 Å². The Bertz CT molecular complexity index is 608. The second-order valence-corrected chi connectivity index (χ2v) is 4.44. The third-order valence-electron chi connectivity index (χ3n) is 2.83. The number of anilines is 1. The van der Waals surface area contributed by atoms with Gasteiger partial charge in [-0.05, 0) is 36.2 Å². The second kappa shape index (κ2) is 7.85. The number of nitriles is 1. The largest absolute Gasteiger partial charge is 0.490 e. The van der Waals surface area contributed by atoms with Crippen LogP contribution in [0.15, 0.2) is 42.6 Å². The minimum Gasteiger partial charge on any atom is -0.490 e. The molecule has 1 aromatic carbocycles. The summed E-state index contributed by atoms with van der Waals surface area (Å²) in [6.07, 6.45) is 2.83. The van der Waals surface area contributed by atoms with E-state index in [1.807, 2.05) is 6.07 Å². The minimum absolute atomic E-state index is 0.252. The summed E-state index contributed by atoms with van der Waals surface area (Å²) in [5, 5.41) is 11.7. The monoisotopic (exact) mass is 285 g/mol. The first kappa shape index (κ1) is 14.8. The number of unbranched alkanes of at least 4 members (excludes halogenated alkanes) is 1. The maximum Gasteiger partial charge on any atom is 0.169 e. The van der Waals surface area contributed by atoms with Gasteiger partial charge in [-0.2, -0.15) is 5.26 Å². The van der Waals surface area contributed by atoms with Crippen molar-refractivity contribution >= 4 is 5.82 Å². The highest BCUT2D eigenvalue weighted by Crippen LogP contribution is 2.21. The zero-order chi connectivity index (χ0) is 14.9. The van der Waals surface area contributed by atoms with Gasteiger partial charge in [-0.3, -0.25) is 0 Å². The van der Waals surface area contributed by atoms with Gasteiger partial charge in [-0.15, -0.1) is 0 Å². The number of aromatic nitrogens is 1. The van der Waals surface area contributed by atoms with Crippen LogP contribution in [0.3, 0.4) is 0 Å². The van der Waals surface area contributed by atoms with Crippen molar-refractivity contribution in [1.29, 1.82) is 5.26 Å². The van der Waals surface area contributed by atoms with E-state index in [2.05, 4.69) is 16.4 Å². The molecule has 0 aliphatic heterocycles. The summed E-state index contributed by atoms with van der Waals surface area (Å²) in [7, 11) is 0. The quantitative estimate of drug-likeness (QED) is 0.791. The molecule has 5 heteroatoms. The summed E-state index contributed by atoms with van der Waals surface area (Å²) in [5.41, 5.74) is 0.956. The van der Waals surface area contributed by atoms with E-state index in [9.17, 15) is 4.39 Å². The molecule has 1 aromatic heterocycles. The summed E-state index contributed by atoms with van der Waals surface area (Å²) in [4.78, 5) is 4.24. The number of halogens is 1. The first-order chi connectivity index (χ1) is 10.3. The molecule has 4 nitrogen and oxygen atoms in total. The van der Waals surface area contributed by atoms with Gasteiger partial charge in [0.15, 0.2) is 11.6 Å². The average molecular weight is 285 g/mol. The first-order valence-corrected chi connectivity index (χ1v) is 6.72. The van der Waals surface area contributed by atoms with Crippen molar-refractivity contribution in [2.45, 2.75) is 19.4 Å². The van der Waals surface area contributed by atoms with Gasteiger partial charge < -0.3 is 10.1 Å². The fourth-order valence-corrected chi connectivity index (χ4v) is 1.76. The smallest absolute Gasteiger partial charge is 0.169 e. The molecule has 0 saturated carbocycles. The van der Waals surface area contributed by atoms with Gasteiger partial charge in [0, 0.05) is 19.2 Å². The minimum atomic E-state index is -0.252. The molecule has 0 amide bonds. The van der Waals surface area contributed by atoms with E-state index < -0.39 is 0 Å². The van der Waals surface area contributed by atoms with Gasteiger partial charge in [-0.1, -0.05) is 12.1 Å². The number of hydrogen-bond acceptors (Lipinski definition) is 4. The van der Waals surface area contributed by atoms with Gasteiger partial charge >= 0.3 is 0 Å². The molecule has 2 rings (SSSR count). The number of pyridine rings is 1. The zero-order valence-corrected chi connectivity index (χ0v) is 11.6. The number of hydrogen-bond donors (Lipinski definition) is 1. The Labute approximate surface area is 123 Å². The van der Waals surface area contributed by atoms with Crippen LogP contribution in [0.25, 0.3) is 0 Å². The van der Waals surface area contributed by atoms with E-state index in [-0.39, 0.29) is 5.82 Å². The van der Waals surface area contributed by atoms with E-state index in [4.69, 9.17) is 10.00 Å². The Kier molecular flexibility index (Phi) is 5.53. The van der Waals surface area contributed by atoms with Crippen LogP contribution in [0.5, 0.6) is 5.75 Å². The lowest BCUT2D eigenvalue weighted by molar-refractivity contribution is 0.313. The Morgan fingerprint density at radius 2 is 2.05 bits per heavy atom. The summed E-state index contributed by atoms with van der Waals surface area (Å²) in [6, 6.07) is 12.0. The van der Waals surface area contributed by atoms with E-state index in [1.54, 1.807) is 24.4 Å². The Balaban J connectivity index is 1.93. The molecule has 108 valence electrons. The van der Waals surface area contributed by atoms with E-state index in [1.165, 1.54) is 12.1 Å². The maximum absolute atomic E-state index is 12.8. The number of rotatable bonds is 7. The van der Waals surface area contributed by atoms with Crippen LogP contribution in [-0.2, 0) is 6.54 Å². The molecule has 0 spiro atoms. The van der Waals surface area contributed by atoms with Crippen LogP contribution in [0.2, 0.25) is 0 Å². The van der Waals surface area contributed by atoms with Crippen LogP contribution < -0.4 is 10.1 Å². The topological polar surface area (TPSA) is 57.9 Å². The molecule has 0 aliphatic carbocycles. The molecule has 1 N–H and O–H groups in total. The highest BCUT2D eigenvalue weighted by atomic mass is 19.1. The molecule has 2 aromatic rings. The van der Waals surface area contributed by atoms with Crippen LogP contribution in [0, 0.1) is 17.1 Å². The molecule has 1 heterocycles. The van der Waals surface area contributed by atoms with Crippen LogP contribution >= 0.6 is 0 Å². The molecule has 0 atom stereocenters. The van der Waals surface area contributed by atoms with Gasteiger partial charge in [0.05, 0.1) is 12.7 Å². The van der Waals surface area contributed by atoms with Crippen LogP contribution in [0.1, 0.15) is 18.4 Å². The Hall–Kier alpha value is -2.61. The third kappa shape index (κ3) is 4.77. The summed E-state index contributed by atoms with van der Waals surface area (Å²) in [5.74, 6) is 1.04. The average Bonchev–Trinajstić information content (AvgIpc) is 2.52. The SMILES string of the molecule is N#CCCCOc1cccnc1NCc1ccc(F)cc1. The lowest BCUT2D eigenvalue weighted by Gasteiger charge is -2.11. The number of ether oxygens (including phenoxy) is 1. The molecular formula is C16H16FN3O.